The summed E-state index contributed by atoms with van der Waals surface area (Å²) in [5, 5.41) is 50.6. The Balaban J connectivity index is 0.871. The highest BCUT2D eigenvalue weighted by atomic mass is 16.6. The number of cyclic esters (lactones) is 1. The number of hydrogen-bond donors (Lipinski definition) is 4. The van der Waals surface area contributed by atoms with Gasteiger partial charge in [0, 0.05) is 55.3 Å². The summed E-state index contributed by atoms with van der Waals surface area (Å²) < 4.78 is 17.5. The van der Waals surface area contributed by atoms with E-state index in [4.69, 9.17) is 14.2 Å². The fourth-order valence-corrected chi connectivity index (χ4v) is 17.9. The monoisotopic (exact) mass is 801 g/mol. The Bertz CT molecular complexity index is 2010. The number of para-hydroxylation sites is 1. The highest BCUT2D eigenvalue weighted by Crippen LogP contribution is 2.73. The fraction of sp³-hybridized carbons (Fsp3) is 0.761. The van der Waals surface area contributed by atoms with Crippen molar-refractivity contribution in [1.29, 1.82) is 0 Å². The van der Waals surface area contributed by atoms with Crippen molar-refractivity contribution in [3.63, 3.8) is 0 Å². The Morgan fingerprint density at radius 1 is 1.00 bits per heavy atom. The van der Waals surface area contributed by atoms with Crippen LogP contribution in [0.1, 0.15) is 96.5 Å². The number of quaternary nitrogens is 1. The first-order chi connectivity index (χ1) is 27.7. The summed E-state index contributed by atoms with van der Waals surface area (Å²) in [5.74, 6) is -1.64. The molecule has 1 spiro atoms. The number of aliphatic hydroxyl groups is 4. The number of methoxy groups -OCH3 is 1. The summed E-state index contributed by atoms with van der Waals surface area (Å²) in [4.78, 5) is 43.2. The molecule has 12 rings (SSSR count). The first kappa shape index (κ1) is 37.9. The third-order valence-corrected chi connectivity index (χ3v) is 19.9. The molecule has 18 atom stereocenters. The third kappa shape index (κ3) is 4.14. The Morgan fingerprint density at radius 2 is 1.78 bits per heavy atom. The van der Waals surface area contributed by atoms with Crippen LogP contribution in [-0.2, 0) is 34.0 Å². The number of carbonyl (C=O) groups is 3. The molecule has 12 heteroatoms. The SMILES string of the molecule is CC[C@H]1[C@H]2C[C@H]3[C@@H]4N(C)c5ccccc5[C@]45C[C@@H]([C@H]2[C@H]5O)[N@@+]3(CC(=O)O[C@H]2CC[C@]3(C(=O)OC)[C@H]4CC[C@]5(C)[C@@H](C6=CC(=O)OC6)CC[C@]5(O)[C@@H]4CC[C@]3(O)C2)[C@@H]1O. The number of fused-ring (bicyclic) bond motifs is 7. The summed E-state index contributed by atoms with van der Waals surface area (Å²) in [6.07, 6.45) is 6.02. The van der Waals surface area contributed by atoms with Gasteiger partial charge in [-0.1, -0.05) is 32.0 Å². The standard InChI is InChI=1S/C46H61N2O10/c1-5-26-27-19-33-38-44(31-8-6-7-9-32(31)47(38)3)21-34(37(27)39(44)51)48(33,40(26)52)22-36(50)58-25-10-16-45(41(53)56-4)29-11-14-42(2)28(24-18-35(49)57-23-24)13-17-46(42,55)30(29)12-15-43(45,54)20-25/h6-9,18,25-30,33-34,37-40,51-52,54-55H,5,10-17,19-23H2,1-4H3/q+1/t25-,26-,27+,28+,29-,30+,33-,34-,37-,38-,39+,40+,42+,43-,44+,45+,46-,48-/m0/s1. The second-order valence-corrected chi connectivity index (χ2v) is 20.9. The Kier molecular flexibility index (Phi) is 7.90. The molecule has 4 N–H and O–H groups in total. The molecule has 0 unspecified atom stereocenters. The topological polar surface area (TPSA) is 163 Å². The molecule has 5 aliphatic carbocycles. The van der Waals surface area contributed by atoms with E-state index in [2.05, 4.69) is 44.0 Å². The molecule has 12 nitrogen and oxygen atoms in total. The van der Waals surface area contributed by atoms with E-state index < -0.39 is 57.8 Å². The van der Waals surface area contributed by atoms with E-state index in [1.807, 2.05) is 6.07 Å². The predicted molar refractivity (Wildman–Crippen MR) is 208 cm³/mol. The van der Waals surface area contributed by atoms with Crippen molar-refractivity contribution < 1.29 is 53.5 Å². The zero-order valence-corrected chi connectivity index (χ0v) is 34.3. The molecule has 0 amide bonds. The molecule has 0 aromatic heterocycles. The molecule has 1 aromatic rings. The number of nitrogens with zero attached hydrogens (tertiary/aromatic N) is 2. The summed E-state index contributed by atoms with van der Waals surface area (Å²) >= 11 is 0. The highest BCUT2D eigenvalue weighted by Gasteiger charge is 2.83. The number of ether oxygens (including phenoxy) is 3. The Hall–Kier alpha value is -3.03. The third-order valence-electron chi connectivity index (χ3n) is 19.9. The van der Waals surface area contributed by atoms with E-state index in [9.17, 15) is 34.8 Å². The number of esters is 3. The molecular formula is C46H61N2O10+. The molecule has 4 saturated heterocycles. The van der Waals surface area contributed by atoms with E-state index in [1.54, 1.807) is 6.08 Å². The molecule has 58 heavy (non-hydrogen) atoms. The van der Waals surface area contributed by atoms with Crippen LogP contribution in [-0.4, -0.2) is 118 Å². The van der Waals surface area contributed by atoms with Crippen molar-refractivity contribution >= 4 is 23.6 Å². The number of hydrogen-bond acceptors (Lipinski definition) is 11. The molecule has 5 saturated carbocycles. The lowest BCUT2D eigenvalue weighted by molar-refractivity contribution is -1.03. The maximum absolute atomic E-state index is 14.6. The summed E-state index contributed by atoms with van der Waals surface area (Å²) in [7, 11) is 3.48. The van der Waals surface area contributed by atoms with Crippen LogP contribution in [0, 0.1) is 46.3 Å². The Morgan fingerprint density at radius 3 is 2.52 bits per heavy atom. The van der Waals surface area contributed by atoms with Crippen molar-refractivity contribution in [1.82, 2.24) is 0 Å². The van der Waals surface area contributed by atoms with Crippen LogP contribution in [0.3, 0.4) is 0 Å². The molecule has 314 valence electrons. The number of anilines is 1. The van der Waals surface area contributed by atoms with Gasteiger partial charge in [-0.15, -0.1) is 0 Å². The zero-order valence-electron chi connectivity index (χ0n) is 34.3. The van der Waals surface area contributed by atoms with Gasteiger partial charge in [0.2, 0.25) is 0 Å². The first-order valence-corrected chi connectivity index (χ1v) is 22.3. The van der Waals surface area contributed by atoms with E-state index in [-0.39, 0.29) is 96.5 Å². The smallest absolute Gasteiger partial charge is 0.362 e. The van der Waals surface area contributed by atoms with Gasteiger partial charge in [-0.3, -0.25) is 9.28 Å². The molecule has 1 aromatic carbocycles. The van der Waals surface area contributed by atoms with E-state index in [0.717, 1.165) is 30.5 Å². The van der Waals surface area contributed by atoms with Gasteiger partial charge in [-0.05, 0) is 98.7 Å². The minimum Gasteiger partial charge on any atom is -0.468 e. The van der Waals surface area contributed by atoms with Crippen LogP contribution in [0.25, 0.3) is 0 Å². The second-order valence-electron chi connectivity index (χ2n) is 20.9. The predicted octanol–water partition coefficient (Wildman–Crippen LogP) is 3.51. The number of rotatable bonds is 6. The summed E-state index contributed by atoms with van der Waals surface area (Å²) in [5.41, 5.74) is -1.55. The van der Waals surface area contributed by atoms with Crippen molar-refractivity contribution in [2.45, 2.75) is 144 Å². The lowest BCUT2D eigenvalue weighted by Crippen LogP contribution is -2.83. The van der Waals surface area contributed by atoms with E-state index >= 15 is 0 Å². The molecule has 6 aliphatic heterocycles. The first-order valence-electron chi connectivity index (χ1n) is 22.3. The number of benzene rings is 1. The minimum atomic E-state index is -1.50. The van der Waals surface area contributed by atoms with Crippen LogP contribution in [0.15, 0.2) is 35.9 Å². The average Bonchev–Trinajstić information content (AvgIpc) is 3.89. The van der Waals surface area contributed by atoms with Gasteiger partial charge in [0.1, 0.15) is 18.8 Å². The maximum Gasteiger partial charge on any atom is 0.362 e. The normalized spacial score (nSPS) is 52.6. The van der Waals surface area contributed by atoms with Crippen LogP contribution in [0.2, 0.25) is 0 Å². The second kappa shape index (κ2) is 12.1. The lowest BCUT2D eigenvalue weighted by atomic mass is 9.41. The molecule has 11 aliphatic rings. The van der Waals surface area contributed by atoms with Gasteiger partial charge in [0.15, 0.2) is 12.8 Å². The molecule has 5 bridgehead atoms. The van der Waals surface area contributed by atoms with Crippen molar-refractivity contribution in [2.24, 2.45) is 46.3 Å². The zero-order chi connectivity index (χ0) is 40.5. The fourth-order valence-electron chi connectivity index (χ4n) is 17.9. The Labute approximate surface area is 340 Å². The van der Waals surface area contributed by atoms with E-state index in [1.165, 1.54) is 12.7 Å². The molecular weight excluding hydrogens is 741 g/mol. The van der Waals surface area contributed by atoms with Crippen LogP contribution in [0.4, 0.5) is 5.69 Å². The highest BCUT2D eigenvalue weighted by molar-refractivity contribution is 5.85. The van der Waals surface area contributed by atoms with Gasteiger partial charge in [0.25, 0.3) is 0 Å². The number of piperidine rings is 4. The number of aliphatic hydroxyl groups excluding tert-OH is 2. The maximum atomic E-state index is 14.6. The van der Waals surface area contributed by atoms with Crippen molar-refractivity contribution in [2.75, 3.05) is 32.2 Å². The quantitative estimate of drug-likeness (QED) is 0.189. The van der Waals surface area contributed by atoms with Gasteiger partial charge >= 0.3 is 17.9 Å². The molecule has 0 radical (unpaired) electrons. The minimum absolute atomic E-state index is 0.00132. The molecule has 6 heterocycles. The number of carbonyl (C=O) groups excluding carboxylic acids is 3. The summed E-state index contributed by atoms with van der Waals surface area (Å²) in [6.45, 7) is 4.49. The van der Waals surface area contributed by atoms with Crippen LogP contribution in [0.5, 0.6) is 0 Å². The largest absolute Gasteiger partial charge is 0.468 e. The van der Waals surface area contributed by atoms with Gasteiger partial charge in [-0.25, -0.2) is 9.59 Å². The van der Waals surface area contributed by atoms with Crippen LogP contribution < -0.4 is 4.90 Å². The molecule has 9 fully saturated rings. The van der Waals surface area contributed by atoms with Crippen LogP contribution >= 0.6 is 0 Å². The van der Waals surface area contributed by atoms with Gasteiger partial charge in [0.05, 0.1) is 47.3 Å². The van der Waals surface area contributed by atoms with E-state index in [0.29, 0.717) is 38.5 Å². The van der Waals surface area contributed by atoms with Gasteiger partial charge in [-0.2, -0.15) is 0 Å². The lowest BCUT2D eigenvalue weighted by Gasteiger charge is -2.67. The van der Waals surface area contributed by atoms with Gasteiger partial charge < -0.3 is 39.5 Å². The number of likely N-dealkylation sites (N-methyl/N-ethyl adjacent to an activating group) is 1. The average molecular weight is 802 g/mol. The van der Waals surface area contributed by atoms with Crippen molar-refractivity contribution in [3.05, 3.63) is 41.5 Å². The summed E-state index contributed by atoms with van der Waals surface area (Å²) in [6, 6.07) is 8.21. The van der Waals surface area contributed by atoms with Crippen molar-refractivity contribution in [3.8, 4) is 0 Å².